The van der Waals surface area contributed by atoms with E-state index in [1.165, 1.54) is 24.5 Å². The summed E-state index contributed by atoms with van der Waals surface area (Å²) in [6.45, 7) is 4.74. The first-order valence-corrected chi connectivity index (χ1v) is 4.64. The van der Waals surface area contributed by atoms with Gasteiger partial charge in [0.1, 0.15) is 0 Å². The minimum Gasteiger partial charge on any atom is -0.339 e. The summed E-state index contributed by atoms with van der Waals surface area (Å²) >= 11 is 0. The van der Waals surface area contributed by atoms with E-state index in [4.69, 9.17) is 0 Å². The fraction of sp³-hybridized carbons (Fsp3) is 1.00. The van der Waals surface area contributed by atoms with E-state index < -0.39 is 0 Å². The molecule has 0 spiro atoms. The van der Waals surface area contributed by atoms with Gasteiger partial charge in [-0.15, -0.1) is 0 Å². The van der Waals surface area contributed by atoms with Crippen molar-refractivity contribution in [2.75, 3.05) is 61.4 Å². The Hall–Kier alpha value is -0.120. The normalized spacial score (nSPS) is 12.0. The second-order valence-electron chi connectivity index (χ2n) is 4.06. The van der Waals surface area contributed by atoms with Crippen LogP contribution in [0.25, 0.3) is 0 Å². The van der Waals surface area contributed by atoms with Crippen molar-refractivity contribution >= 4 is 0 Å². The number of nitrogens with one attached hydrogen (secondary N) is 1. The predicted molar refractivity (Wildman–Crippen MR) is 53.7 cm³/mol. The predicted octanol–water partition coefficient (Wildman–Crippen LogP) is -1.38. The number of likely N-dealkylation sites (N-methyl/N-ethyl adjacent to an activating group) is 3. The highest BCUT2D eigenvalue weighted by Gasteiger charge is 2.00. The molecule has 0 aromatic carbocycles. The molecular weight excluding hydrogens is 150 g/mol. The van der Waals surface area contributed by atoms with Gasteiger partial charge < -0.3 is 9.80 Å². The second kappa shape index (κ2) is 6.40. The van der Waals surface area contributed by atoms with Gasteiger partial charge in [0.05, 0.1) is 20.6 Å². The summed E-state index contributed by atoms with van der Waals surface area (Å²) < 4.78 is 0. The zero-order chi connectivity index (χ0) is 9.56. The Bertz CT molecular complexity index is 89.9. The van der Waals surface area contributed by atoms with Crippen molar-refractivity contribution in [1.29, 1.82) is 0 Å². The van der Waals surface area contributed by atoms with Gasteiger partial charge in [0, 0.05) is 19.6 Å². The lowest BCUT2D eigenvalue weighted by molar-refractivity contribution is -0.857. The molecule has 12 heavy (non-hydrogen) atoms. The molecule has 0 saturated carbocycles. The van der Waals surface area contributed by atoms with Gasteiger partial charge in [-0.3, -0.25) is 4.90 Å². The first kappa shape index (κ1) is 11.9. The van der Waals surface area contributed by atoms with E-state index in [0.717, 1.165) is 6.54 Å². The number of rotatable bonds is 6. The van der Waals surface area contributed by atoms with Crippen molar-refractivity contribution in [3.8, 4) is 0 Å². The Morgan fingerprint density at radius 3 is 1.92 bits per heavy atom. The van der Waals surface area contributed by atoms with E-state index in [1.807, 2.05) is 0 Å². The molecule has 0 aliphatic carbocycles. The molecule has 0 fully saturated rings. The summed E-state index contributed by atoms with van der Waals surface area (Å²) in [7, 11) is 10.8. The maximum Gasteiger partial charge on any atom is 0.0896 e. The zero-order valence-electron chi connectivity index (χ0n) is 9.22. The third-order valence-electron chi connectivity index (χ3n) is 1.92. The average molecular weight is 174 g/mol. The molecule has 0 aliphatic heterocycles. The van der Waals surface area contributed by atoms with E-state index >= 15 is 0 Å². The Balaban J connectivity index is 3.27. The van der Waals surface area contributed by atoms with Crippen LogP contribution < -0.4 is 4.90 Å². The van der Waals surface area contributed by atoms with Crippen molar-refractivity contribution in [2.45, 2.75) is 0 Å². The Morgan fingerprint density at radius 1 is 0.917 bits per heavy atom. The standard InChI is InChI=1S/C9H23N3/c1-10(2)6-8-12(5)9-7-11(3)4/h6-9H2,1-5H3/p+1. The van der Waals surface area contributed by atoms with Crippen LogP contribution in [0, 0.1) is 0 Å². The van der Waals surface area contributed by atoms with Crippen LogP contribution in [0.3, 0.4) is 0 Å². The van der Waals surface area contributed by atoms with Crippen molar-refractivity contribution < 1.29 is 4.90 Å². The minimum absolute atomic E-state index is 1.15. The van der Waals surface area contributed by atoms with Gasteiger partial charge in [-0.2, -0.15) is 0 Å². The molecule has 1 N–H and O–H groups in total. The molecule has 0 aromatic rings. The Labute approximate surface area is 76.9 Å². The number of hydrogen-bond donors (Lipinski definition) is 1. The third kappa shape index (κ3) is 7.98. The maximum absolute atomic E-state index is 2.38. The molecule has 0 amide bonds. The monoisotopic (exact) mass is 174 g/mol. The highest BCUT2D eigenvalue weighted by atomic mass is 15.2. The highest BCUT2D eigenvalue weighted by molar-refractivity contribution is 4.52. The van der Waals surface area contributed by atoms with Gasteiger partial charge in [-0.1, -0.05) is 0 Å². The van der Waals surface area contributed by atoms with Crippen molar-refractivity contribution in [1.82, 2.24) is 9.80 Å². The SMILES string of the molecule is CN(C)CCN(C)CC[NH+](C)C. The summed E-state index contributed by atoms with van der Waals surface area (Å²) in [5, 5.41) is 0. The molecule has 3 heteroatoms. The molecule has 74 valence electrons. The molecule has 0 atom stereocenters. The molecule has 0 aromatic heterocycles. The van der Waals surface area contributed by atoms with Gasteiger partial charge in [-0.25, -0.2) is 0 Å². The fourth-order valence-corrected chi connectivity index (χ4v) is 0.897. The zero-order valence-corrected chi connectivity index (χ0v) is 9.22. The van der Waals surface area contributed by atoms with Crippen molar-refractivity contribution in [3.63, 3.8) is 0 Å². The first-order chi connectivity index (χ1) is 5.52. The van der Waals surface area contributed by atoms with Gasteiger partial charge >= 0.3 is 0 Å². The van der Waals surface area contributed by atoms with Crippen LogP contribution in [0.4, 0.5) is 0 Å². The Kier molecular flexibility index (Phi) is 6.34. The Morgan fingerprint density at radius 2 is 1.50 bits per heavy atom. The van der Waals surface area contributed by atoms with Crippen LogP contribution in [-0.2, 0) is 0 Å². The lowest BCUT2D eigenvalue weighted by atomic mass is 10.4. The lowest BCUT2D eigenvalue weighted by Crippen LogP contribution is -3.06. The van der Waals surface area contributed by atoms with Gasteiger partial charge in [0.25, 0.3) is 0 Å². The highest BCUT2D eigenvalue weighted by Crippen LogP contribution is 1.81. The molecule has 0 unspecified atom stereocenters. The molecule has 0 bridgehead atoms. The molecule has 0 aliphatic rings. The maximum atomic E-state index is 2.38. The number of nitrogens with zero attached hydrogens (tertiary/aromatic N) is 2. The lowest BCUT2D eigenvalue weighted by Gasteiger charge is -2.19. The summed E-state index contributed by atoms with van der Waals surface area (Å²) in [5.74, 6) is 0. The molecular formula is C9H24N3+. The second-order valence-corrected chi connectivity index (χ2v) is 4.06. The summed E-state index contributed by atoms with van der Waals surface area (Å²) in [5.41, 5.74) is 0. The van der Waals surface area contributed by atoms with Crippen molar-refractivity contribution in [3.05, 3.63) is 0 Å². The third-order valence-corrected chi connectivity index (χ3v) is 1.92. The summed E-state index contributed by atoms with van der Waals surface area (Å²) in [6.07, 6.45) is 0. The van der Waals surface area contributed by atoms with Crippen LogP contribution in [0.2, 0.25) is 0 Å². The number of hydrogen-bond acceptors (Lipinski definition) is 2. The molecule has 3 nitrogen and oxygen atoms in total. The minimum atomic E-state index is 1.15. The fourth-order valence-electron chi connectivity index (χ4n) is 0.897. The van der Waals surface area contributed by atoms with Crippen LogP contribution >= 0.6 is 0 Å². The van der Waals surface area contributed by atoms with E-state index in [0.29, 0.717) is 0 Å². The van der Waals surface area contributed by atoms with Crippen molar-refractivity contribution in [2.24, 2.45) is 0 Å². The van der Waals surface area contributed by atoms with Gasteiger partial charge in [-0.05, 0) is 21.1 Å². The largest absolute Gasteiger partial charge is 0.339 e. The topological polar surface area (TPSA) is 10.9 Å². The van der Waals surface area contributed by atoms with Crippen LogP contribution in [0.15, 0.2) is 0 Å². The molecule has 0 radical (unpaired) electrons. The van der Waals surface area contributed by atoms with E-state index in [1.54, 1.807) is 0 Å². The van der Waals surface area contributed by atoms with E-state index in [2.05, 4.69) is 45.0 Å². The quantitative estimate of drug-likeness (QED) is 0.532. The summed E-state index contributed by atoms with van der Waals surface area (Å²) in [4.78, 5) is 6.12. The van der Waals surface area contributed by atoms with E-state index in [9.17, 15) is 0 Å². The summed E-state index contributed by atoms with van der Waals surface area (Å²) in [6, 6.07) is 0. The van der Waals surface area contributed by atoms with Gasteiger partial charge in [0.15, 0.2) is 0 Å². The molecule has 0 heterocycles. The smallest absolute Gasteiger partial charge is 0.0896 e. The first-order valence-electron chi connectivity index (χ1n) is 4.64. The average Bonchev–Trinajstić information content (AvgIpc) is 1.96. The molecule has 0 rings (SSSR count). The van der Waals surface area contributed by atoms with Crippen LogP contribution in [0.1, 0.15) is 0 Å². The van der Waals surface area contributed by atoms with E-state index in [-0.39, 0.29) is 0 Å². The molecule has 0 saturated heterocycles. The van der Waals surface area contributed by atoms with Crippen LogP contribution in [0.5, 0.6) is 0 Å². The number of quaternary nitrogens is 1. The van der Waals surface area contributed by atoms with Crippen LogP contribution in [-0.4, -0.2) is 71.2 Å². The van der Waals surface area contributed by atoms with Gasteiger partial charge in [0.2, 0.25) is 0 Å².